The first-order chi connectivity index (χ1) is 9.62. The highest BCUT2D eigenvalue weighted by molar-refractivity contribution is 5.99. The smallest absolute Gasteiger partial charge is 0.324 e. The Bertz CT molecular complexity index is 609. The fourth-order valence-electron chi connectivity index (χ4n) is 1.76. The molecule has 0 atom stereocenters. The van der Waals surface area contributed by atoms with Gasteiger partial charge >= 0.3 is 6.03 Å². The van der Waals surface area contributed by atoms with Crippen LogP contribution in [-0.2, 0) is 13.6 Å². The van der Waals surface area contributed by atoms with Crippen LogP contribution >= 0.6 is 0 Å². The van der Waals surface area contributed by atoms with E-state index < -0.39 is 0 Å². The Balaban J connectivity index is 2.04. The highest BCUT2D eigenvalue weighted by atomic mass is 16.5. The van der Waals surface area contributed by atoms with Crippen LogP contribution in [0.1, 0.15) is 5.56 Å². The van der Waals surface area contributed by atoms with Gasteiger partial charge in [-0.3, -0.25) is 10.00 Å². The number of carbonyl (C=O) groups is 1. The van der Waals surface area contributed by atoms with Crippen LogP contribution in [0, 0.1) is 0 Å². The Labute approximate surface area is 116 Å². The molecule has 20 heavy (non-hydrogen) atoms. The van der Waals surface area contributed by atoms with Gasteiger partial charge in [-0.05, 0) is 12.1 Å². The number of aryl methyl sites for hydroxylation is 1. The van der Waals surface area contributed by atoms with Crippen molar-refractivity contribution in [3.8, 4) is 5.75 Å². The van der Waals surface area contributed by atoms with Gasteiger partial charge in [0, 0.05) is 37.1 Å². The third-order valence-electron chi connectivity index (χ3n) is 2.68. The molecular weight excluding hydrogens is 258 g/mol. The number of benzene rings is 1. The molecule has 1 heterocycles. The van der Waals surface area contributed by atoms with Gasteiger partial charge in [-0.2, -0.15) is 5.10 Å². The van der Waals surface area contributed by atoms with Crippen LogP contribution in [0.4, 0.5) is 16.3 Å². The molecule has 2 rings (SSSR count). The van der Waals surface area contributed by atoms with E-state index in [0.717, 1.165) is 5.56 Å². The van der Waals surface area contributed by atoms with Gasteiger partial charge in [-0.25, -0.2) is 4.79 Å². The number of aromatic nitrogens is 2. The summed E-state index contributed by atoms with van der Waals surface area (Å²) >= 11 is 0. The highest BCUT2D eigenvalue weighted by Gasteiger charge is 2.10. The molecule has 0 radical (unpaired) electrons. The van der Waals surface area contributed by atoms with Crippen molar-refractivity contribution in [2.75, 3.05) is 17.7 Å². The van der Waals surface area contributed by atoms with Crippen molar-refractivity contribution in [3.63, 3.8) is 0 Å². The lowest BCUT2D eigenvalue weighted by Gasteiger charge is -2.08. The van der Waals surface area contributed by atoms with E-state index in [4.69, 9.17) is 10.5 Å². The summed E-state index contributed by atoms with van der Waals surface area (Å²) in [4.78, 5) is 11.9. The van der Waals surface area contributed by atoms with E-state index >= 15 is 0 Å². The fraction of sp³-hybridized carbons (Fsp3) is 0.231. The highest BCUT2D eigenvalue weighted by Crippen LogP contribution is 2.17. The number of amides is 2. The second kappa shape index (κ2) is 6.07. The molecule has 0 aliphatic heterocycles. The summed E-state index contributed by atoms with van der Waals surface area (Å²) in [6.07, 6.45) is 1.77. The monoisotopic (exact) mass is 275 g/mol. The van der Waals surface area contributed by atoms with Gasteiger partial charge in [0.1, 0.15) is 5.75 Å². The van der Waals surface area contributed by atoms with E-state index in [1.54, 1.807) is 49.3 Å². The lowest BCUT2D eigenvalue weighted by atomic mass is 10.3. The Kier molecular flexibility index (Phi) is 4.21. The number of ether oxygens (including phenoxy) is 1. The first-order valence-corrected chi connectivity index (χ1v) is 6.07. The molecule has 106 valence electrons. The summed E-state index contributed by atoms with van der Waals surface area (Å²) in [5, 5.41) is 9.51. The summed E-state index contributed by atoms with van der Waals surface area (Å²) in [6.45, 7) is 0.308. The van der Waals surface area contributed by atoms with E-state index in [2.05, 4.69) is 15.7 Å². The molecule has 1 aromatic carbocycles. The molecule has 0 spiro atoms. The van der Waals surface area contributed by atoms with Crippen molar-refractivity contribution in [1.29, 1.82) is 0 Å². The van der Waals surface area contributed by atoms with E-state index in [9.17, 15) is 4.79 Å². The van der Waals surface area contributed by atoms with Crippen molar-refractivity contribution in [1.82, 2.24) is 9.78 Å². The molecule has 0 unspecified atom stereocenters. The molecule has 4 N–H and O–H groups in total. The molecule has 2 amide bonds. The second-order valence-corrected chi connectivity index (χ2v) is 4.19. The topological polar surface area (TPSA) is 94.2 Å². The van der Waals surface area contributed by atoms with Crippen molar-refractivity contribution in [2.45, 2.75) is 6.54 Å². The van der Waals surface area contributed by atoms with Gasteiger partial charge in [0.25, 0.3) is 0 Å². The summed E-state index contributed by atoms with van der Waals surface area (Å²) in [7, 11) is 3.34. The summed E-state index contributed by atoms with van der Waals surface area (Å²) in [5.41, 5.74) is 6.99. The minimum absolute atomic E-state index is 0.308. The summed E-state index contributed by atoms with van der Waals surface area (Å²) in [6, 6.07) is 6.70. The number of carbonyl (C=O) groups excluding carboxylic acids is 1. The normalized spacial score (nSPS) is 10.2. The van der Waals surface area contributed by atoms with Crippen LogP contribution in [-0.4, -0.2) is 22.9 Å². The van der Waals surface area contributed by atoms with Crippen LogP contribution in [0.2, 0.25) is 0 Å². The van der Waals surface area contributed by atoms with Crippen molar-refractivity contribution in [2.24, 2.45) is 12.8 Å². The average molecular weight is 275 g/mol. The summed E-state index contributed by atoms with van der Waals surface area (Å²) in [5.74, 6) is 1.12. The molecular formula is C13H17N5O2. The molecule has 0 saturated heterocycles. The minimum atomic E-state index is -0.383. The molecule has 7 heteroatoms. The number of methoxy groups -OCH3 is 1. The predicted molar refractivity (Wildman–Crippen MR) is 76.7 cm³/mol. The lowest BCUT2D eigenvalue weighted by Crippen LogP contribution is -2.20. The third kappa shape index (κ3) is 3.27. The van der Waals surface area contributed by atoms with Gasteiger partial charge in [-0.15, -0.1) is 0 Å². The molecule has 0 bridgehead atoms. The number of hydrogen-bond acceptors (Lipinski definition) is 4. The standard InChI is InChI=1S/C13H17N5O2/c1-18-8-9(7-14)12(17-18)16-13(19)15-10-4-3-5-11(6-10)20-2/h3-6,8H,7,14H2,1-2H3,(H2,15,16,17,19). The maximum absolute atomic E-state index is 11.9. The molecule has 0 saturated carbocycles. The van der Waals surface area contributed by atoms with Crippen LogP contribution in [0.3, 0.4) is 0 Å². The Hall–Kier alpha value is -2.54. The first-order valence-electron chi connectivity index (χ1n) is 6.07. The largest absolute Gasteiger partial charge is 0.497 e. The lowest BCUT2D eigenvalue weighted by molar-refractivity contribution is 0.262. The van der Waals surface area contributed by atoms with E-state index in [1.807, 2.05) is 0 Å². The first kappa shape index (κ1) is 13.9. The quantitative estimate of drug-likeness (QED) is 0.788. The minimum Gasteiger partial charge on any atom is -0.497 e. The number of anilines is 2. The van der Waals surface area contributed by atoms with E-state index in [0.29, 0.717) is 23.8 Å². The van der Waals surface area contributed by atoms with Crippen LogP contribution in [0.25, 0.3) is 0 Å². The molecule has 1 aromatic heterocycles. The Morgan fingerprint density at radius 1 is 1.45 bits per heavy atom. The zero-order valence-electron chi connectivity index (χ0n) is 11.4. The maximum atomic E-state index is 11.9. The van der Waals surface area contributed by atoms with Crippen LogP contribution in [0.15, 0.2) is 30.5 Å². The molecule has 2 aromatic rings. The second-order valence-electron chi connectivity index (χ2n) is 4.19. The zero-order valence-corrected chi connectivity index (χ0v) is 11.4. The van der Waals surface area contributed by atoms with E-state index in [1.165, 1.54) is 0 Å². The number of urea groups is 1. The SMILES string of the molecule is COc1cccc(NC(=O)Nc2nn(C)cc2CN)c1. The van der Waals surface area contributed by atoms with Gasteiger partial charge in [0.05, 0.1) is 7.11 Å². The average Bonchev–Trinajstić information content (AvgIpc) is 2.78. The number of nitrogens with one attached hydrogen (secondary N) is 2. The van der Waals surface area contributed by atoms with Gasteiger partial charge in [-0.1, -0.05) is 6.07 Å². The van der Waals surface area contributed by atoms with Crippen LogP contribution < -0.4 is 21.1 Å². The third-order valence-corrected chi connectivity index (χ3v) is 2.68. The van der Waals surface area contributed by atoms with Gasteiger partial charge in [0.15, 0.2) is 5.82 Å². The molecule has 0 fully saturated rings. The predicted octanol–water partition coefficient (Wildman–Crippen LogP) is 1.53. The van der Waals surface area contributed by atoms with Crippen molar-refractivity contribution in [3.05, 3.63) is 36.0 Å². The number of rotatable bonds is 4. The number of hydrogen-bond donors (Lipinski definition) is 3. The summed E-state index contributed by atoms with van der Waals surface area (Å²) < 4.78 is 6.69. The van der Waals surface area contributed by atoms with Gasteiger partial charge < -0.3 is 15.8 Å². The fourth-order valence-corrected chi connectivity index (χ4v) is 1.76. The van der Waals surface area contributed by atoms with Crippen molar-refractivity contribution >= 4 is 17.5 Å². The maximum Gasteiger partial charge on any atom is 0.324 e. The van der Waals surface area contributed by atoms with Crippen molar-refractivity contribution < 1.29 is 9.53 Å². The molecule has 7 nitrogen and oxygen atoms in total. The number of nitrogens with two attached hydrogens (primary N) is 1. The van der Waals surface area contributed by atoms with Gasteiger partial charge in [0.2, 0.25) is 0 Å². The Morgan fingerprint density at radius 3 is 2.95 bits per heavy atom. The molecule has 0 aliphatic carbocycles. The van der Waals surface area contributed by atoms with E-state index in [-0.39, 0.29) is 6.03 Å². The zero-order chi connectivity index (χ0) is 14.5. The number of nitrogens with zero attached hydrogens (tertiary/aromatic N) is 2. The molecule has 0 aliphatic rings. The Morgan fingerprint density at radius 2 is 2.25 bits per heavy atom. The van der Waals surface area contributed by atoms with Crippen LogP contribution in [0.5, 0.6) is 5.75 Å².